The molecule has 1 saturated carbocycles. The summed E-state index contributed by atoms with van der Waals surface area (Å²) < 4.78 is 10.7. The molecule has 1 aliphatic carbocycles. The van der Waals surface area contributed by atoms with Crippen LogP contribution in [0.2, 0.25) is 0 Å². The molecule has 19 heavy (non-hydrogen) atoms. The fourth-order valence-electron chi connectivity index (χ4n) is 3.26. The van der Waals surface area contributed by atoms with Crippen molar-refractivity contribution in [3.63, 3.8) is 0 Å². The second-order valence-corrected chi connectivity index (χ2v) is 5.72. The van der Waals surface area contributed by atoms with Crippen molar-refractivity contribution in [1.82, 2.24) is 4.90 Å². The predicted molar refractivity (Wildman–Crippen MR) is 64.5 cm³/mol. The van der Waals surface area contributed by atoms with Gasteiger partial charge in [-0.2, -0.15) is 0 Å². The van der Waals surface area contributed by atoms with Gasteiger partial charge in [-0.05, 0) is 24.7 Å². The average molecular weight is 269 g/mol. The van der Waals surface area contributed by atoms with Gasteiger partial charge in [0.05, 0.1) is 25.7 Å². The third-order valence-corrected chi connectivity index (χ3v) is 4.65. The highest BCUT2D eigenvalue weighted by molar-refractivity contribution is 5.81. The number of piperidine rings is 1. The number of hydrogen-bond acceptors (Lipinski definition) is 4. The molecule has 0 aromatic heterocycles. The number of nitrogens with zero attached hydrogens (tertiary/aromatic N) is 1. The van der Waals surface area contributed by atoms with Gasteiger partial charge in [0, 0.05) is 13.1 Å². The molecule has 0 unspecified atom stereocenters. The summed E-state index contributed by atoms with van der Waals surface area (Å²) in [5, 5.41) is 9.03. The van der Waals surface area contributed by atoms with Crippen molar-refractivity contribution >= 4 is 11.9 Å². The summed E-state index contributed by atoms with van der Waals surface area (Å²) in [6.07, 6.45) is 1.89. The number of carbonyl (C=O) groups is 2. The number of carboxylic acid groups (broad SMARTS) is 1. The molecule has 3 fully saturated rings. The molecule has 0 aromatic rings. The summed E-state index contributed by atoms with van der Waals surface area (Å²) in [5.41, 5.74) is -0.0352. The molecule has 2 aliphatic heterocycles. The van der Waals surface area contributed by atoms with E-state index in [0.717, 1.165) is 19.3 Å². The molecule has 0 bridgehead atoms. The fourth-order valence-corrected chi connectivity index (χ4v) is 3.26. The molecule has 0 radical (unpaired) electrons. The van der Waals surface area contributed by atoms with Crippen molar-refractivity contribution in [1.29, 1.82) is 0 Å². The molecule has 106 valence electrons. The van der Waals surface area contributed by atoms with Crippen LogP contribution in [-0.4, -0.2) is 60.9 Å². The van der Waals surface area contributed by atoms with Crippen molar-refractivity contribution in [2.45, 2.75) is 25.4 Å². The molecule has 2 heterocycles. The molecular formula is C13H19NO5. The monoisotopic (exact) mass is 269 g/mol. The molecule has 1 N–H and O–H groups in total. The normalized spacial score (nSPS) is 33.2. The first-order valence-electron chi connectivity index (χ1n) is 6.83. The Hall–Kier alpha value is -1.14. The van der Waals surface area contributed by atoms with E-state index < -0.39 is 12.1 Å². The number of rotatable bonds is 2. The number of likely N-dealkylation sites (tertiary alicyclic amines) is 1. The van der Waals surface area contributed by atoms with Gasteiger partial charge < -0.3 is 19.5 Å². The number of hydrogen-bond donors (Lipinski definition) is 1. The zero-order valence-electron chi connectivity index (χ0n) is 10.8. The number of aliphatic carboxylic acids is 1. The Labute approximate surface area is 111 Å². The summed E-state index contributed by atoms with van der Waals surface area (Å²) >= 11 is 0. The largest absolute Gasteiger partial charge is 0.481 e. The van der Waals surface area contributed by atoms with Crippen LogP contribution in [0.1, 0.15) is 19.3 Å². The Kier molecular flexibility index (Phi) is 3.22. The van der Waals surface area contributed by atoms with E-state index in [2.05, 4.69) is 0 Å². The van der Waals surface area contributed by atoms with Gasteiger partial charge in [0.1, 0.15) is 0 Å². The average Bonchev–Trinajstić information content (AvgIpc) is 3.14. The van der Waals surface area contributed by atoms with E-state index in [1.807, 2.05) is 0 Å². The minimum Gasteiger partial charge on any atom is -0.481 e. The molecule has 1 spiro atoms. The lowest BCUT2D eigenvalue weighted by Gasteiger charge is -2.35. The third-order valence-electron chi connectivity index (χ3n) is 4.65. The van der Waals surface area contributed by atoms with Crippen molar-refractivity contribution in [3.05, 3.63) is 0 Å². The molecule has 6 heteroatoms. The van der Waals surface area contributed by atoms with E-state index in [-0.39, 0.29) is 17.2 Å². The van der Waals surface area contributed by atoms with Crippen LogP contribution in [0.3, 0.4) is 0 Å². The first-order chi connectivity index (χ1) is 9.12. The first-order valence-corrected chi connectivity index (χ1v) is 6.83. The minimum atomic E-state index is -0.691. The Morgan fingerprint density at radius 2 is 1.95 bits per heavy atom. The highest BCUT2D eigenvalue weighted by Gasteiger charge is 2.59. The third kappa shape index (κ3) is 2.34. The summed E-state index contributed by atoms with van der Waals surface area (Å²) in [6, 6.07) is 0. The van der Waals surface area contributed by atoms with Gasteiger partial charge in [-0.25, -0.2) is 0 Å². The zero-order valence-corrected chi connectivity index (χ0v) is 10.8. The number of carboxylic acids is 1. The predicted octanol–water partition coefficient (Wildman–Crippen LogP) is 0.115. The Morgan fingerprint density at radius 3 is 2.47 bits per heavy atom. The van der Waals surface area contributed by atoms with Crippen molar-refractivity contribution in [2.24, 2.45) is 11.3 Å². The molecule has 2 saturated heterocycles. The van der Waals surface area contributed by atoms with Gasteiger partial charge in [-0.15, -0.1) is 0 Å². The van der Waals surface area contributed by atoms with E-state index in [9.17, 15) is 9.59 Å². The van der Waals surface area contributed by atoms with E-state index in [1.54, 1.807) is 4.90 Å². The van der Waals surface area contributed by atoms with Crippen molar-refractivity contribution in [3.8, 4) is 0 Å². The Morgan fingerprint density at radius 1 is 1.21 bits per heavy atom. The molecule has 3 rings (SSSR count). The molecular weight excluding hydrogens is 250 g/mol. The summed E-state index contributed by atoms with van der Waals surface area (Å²) in [6.45, 7) is 2.63. The van der Waals surface area contributed by atoms with E-state index in [0.29, 0.717) is 32.9 Å². The maximum absolute atomic E-state index is 12.2. The van der Waals surface area contributed by atoms with Crippen LogP contribution in [0.5, 0.6) is 0 Å². The van der Waals surface area contributed by atoms with E-state index >= 15 is 0 Å². The second kappa shape index (κ2) is 4.76. The lowest BCUT2D eigenvalue weighted by molar-refractivity contribution is -0.159. The maximum atomic E-state index is 12.2. The molecule has 2 atom stereocenters. The van der Waals surface area contributed by atoms with Gasteiger partial charge in [-0.1, -0.05) is 0 Å². The smallest absolute Gasteiger partial charge is 0.307 e. The fraction of sp³-hybridized carbons (Fsp3) is 0.846. The van der Waals surface area contributed by atoms with Crippen molar-refractivity contribution < 1.29 is 24.2 Å². The van der Waals surface area contributed by atoms with Crippen LogP contribution in [0.25, 0.3) is 0 Å². The van der Waals surface area contributed by atoms with Crippen LogP contribution >= 0.6 is 0 Å². The highest BCUT2D eigenvalue weighted by Crippen LogP contribution is 2.59. The highest BCUT2D eigenvalue weighted by atomic mass is 16.6. The molecule has 3 aliphatic rings. The second-order valence-electron chi connectivity index (χ2n) is 5.72. The topological polar surface area (TPSA) is 76.1 Å². The van der Waals surface area contributed by atoms with Crippen molar-refractivity contribution in [2.75, 3.05) is 32.9 Å². The zero-order chi connectivity index (χ0) is 13.5. The number of amides is 1. The van der Waals surface area contributed by atoms with Gasteiger partial charge >= 0.3 is 5.97 Å². The standard InChI is InChI=1S/C13H19NO5/c15-11(10-8-18-5-6-19-10)14-3-1-13(2-4-14)7-9(13)12(16)17/h9-10H,1-8H2,(H,16,17)/t9-,10+/m1/s1. The van der Waals surface area contributed by atoms with Crippen LogP contribution in [0, 0.1) is 11.3 Å². The van der Waals surface area contributed by atoms with Crippen LogP contribution in [0.15, 0.2) is 0 Å². The summed E-state index contributed by atoms with van der Waals surface area (Å²) in [7, 11) is 0. The SMILES string of the molecule is O=C(O)[C@H]1CC12CCN(C(=O)[C@@H]1COCCO1)CC2. The van der Waals surface area contributed by atoms with Gasteiger partial charge in [0.2, 0.25) is 0 Å². The minimum absolute atomic E-state index is 0.0120. The Balaban J connectivity index is 1.53. The van der Waals surface area contributed by atoms with Crippen LogP contribution in [0.4, 0.5) is 0 Å². The quantitative estimate of drug-likeness (QED) is 0.770. The van der Waals surface area contributed by atoms with E-state index in [1.165, 1.54) is 0 Å². The maximum Gasteiger partial charge on any atom is 0.307 e. The van der Waals surface area contributed by atoms with Gasteiger partial charge in [0.25, 0.3) is 5.91 Å². The summed E-state index contributed by atoms with van der Waals surface area (Å²) in [5.74, 6) is -0.898. The van der Waals surface area contributed by atoms with Gasteiger partial charge in [0.15, 0.2) is 6.10 Å². The molecule has 6 nitrogen and oxygen atoms in total. The van der Waals surface area contributed by atoms with Crippen LogP contribution in [-0.2, 0) is 19.1 Å². The van der Waals surface area contributed by atoms with Gasteiger partial charge in [-0.3, -0.25) is 9.59 Å². The lowest BCUT2D eigenvalue weighted by atomic mass is 9.90. The number of ether oxygens (including phenoxy) is 2. The molecule has 1 amide bonds. The lowest BCUT2D eigenvalue weighted by Crippen LogP contribution is -2.48. The van der Waals surface area contributed by atoms with E-state index in [4.69, 9.17) is 14.6 Å². The summed E-state index contributed by atoms with van der Waals surface area (Å²) in [4.78, 5) is 25.0. The van der Waals surface area contributed by atoms with Crippen LogP contribution < -0.4 is 0 Å². The molecule has 0 aromatic carbocycles. The Bertz CT molecular complexity index is 382. The first kappa shape index (κ1) is 12.9. The number of carbonyl (C=O) groups excluding carboxylic acids is 1.